The minimum Gasteiger partial charge on any atom is -0.404 e. The van der Waals surface area contributed by atoms with Gasteiger partial charge in [0.25, 0.3) is 11.8 Å². The molecule has 2 fully saturated rings. The third-order valence-electron chi connectivity index (χ3n) is 9.93. The van der Waals surface area contributed by atoms with Crippen LogP contribution in [0.15, 0.2) is 64.6 Å². The number of nitrogens with two attached hydrogens (primary N) is 1. The van der Waals surface area contributed by atoms with Crippen LogP contribution >= 0.6 is 0 Å². The topological polar surface area (TPSA) is 122 Å². The molecule has 0 aromatic carbocycles. The number of ether oxygens (including phenoxy) is 1. The highest BCUT2D eigenvalue weighted by Gasteiger charge is 2.35. The number of hydrogen-bond acceptors (Lipinski definition) is 7. The summed E-state index contributed by atoms with van der Waals surface area (Å²) in [6, 6.07) is 1.95. The Bertz CT molecular complexity index is 1380. The maximum absolute atomic E-state index is 13.1. The molecule has 1 aromatic heterocycles. The van der Waals surface area contributed by atoms with E-state index in [1.165, 1.54) is 32.1 Å². The van der Waals surface area contributed by atoms with Crippen molar-refractivity contribution in [3.05, 3.63) is 70.9 Å². The molecule has 3 aliphatic heterocycles. The Morgan fingerprint density at radius 3 is 2.52 bits per heavy atom. The van der Waals surface area contributed by atoms with Crippen molar-refractivity contribution in [1.82, 2.24) is 15.2 Å². The molecule has 4 N–H and O–H groups in total. The number of aliphatic imine (C=N–C) groups is 1. The van der Waals surface area contributed by atoms with Crippen LogP contribution in [0.25, 0.3) is 0 Å². The molecular weight excluding hydrogens is 602 g/mol. The summed E-state index contributed by atoms with van der Waals surface area (Å²) in [5.41, 5.74) is 10.5. The van der Waals surface area contributed by atoms with Gasteiger partial charge in [-0.2, -0.15) is 0 Å². The third-order valence-corrected chi connectivity index (χ3v) is 9.93. The Balaban J connectivity index is 0.00000201. The van der Waals surface area contributed by atoms with Crippen LogP contribution in [-0.2, 0) is 9.53 Å². The lowest BCUT2D eigenvalue weighted by molar-refractivity contribution is -0.876. The number of nitrogens with zero attached hydrogens (tertiary/aromatic N) is 4. The van der Waals surface area contributed by atoms with Gasteiger partial charge in [-0.15, -0.1) is 0 Å². The van der Waals surface area contributed by atoms with E-state index in [1.807, 2.05) is 19.9 Å². The summed E-state index contributed by atoms with van der Waals surface area (Å²) in [5.74, 6) is -0.384. The fourth-order valence-electron chi connectivity index (χ4n) is 6.34. The number of carbonyl (C=O) groups is 2. The molecule has 264 valence electrons. The molecule has 1 aromatic rings. The number of pyridine rings is 1. The lowest BCUT2D eigenvalue weighted by Gasteiger charge is -2.44. The second-order valence-electron chi connectivity index (χ2n) is 13.7. The molecule has 48 heavy (non-hydrogen) atoms. The Kier molecular flexibility index (Phi) is 15.2. The zero-order valence-electron chi connectivity index (χ0n) is 30.5. The number of hydrogen-bond donors (Lipinski definition) is 3. The molecule has 0 bridgehead atoms. The van der Waals surface area contributed by atoms with Gasteiger partial charge in [-0.3, -0.25) is 24.0 Å². The Morgan fingerprint density at radius 2 is 1.90 bits per heavy atom. The summed E-state index contributed by atoms with van der Waals surface area (Å²) in [7, 11) is 3.91. The third kappa shape index (κ3) is 11.0. The van der Waals surface area contributed by atoms with Crippen molar-refractivity contribution in [3.8, 4) is 0 Å². The molecule has 0 aliphatic carbocycles. The van der Waals surface area contributed by atoms with E-state index in [0.29, 0.717) is 39.0 Å². The van der Waals surface area contributed by atoms with E-state index in [4.69, 9.17) is 10.5 Å². The minimum absolute atomic E-state index is 0.183. The van der Waals surface area contributed by atoms with Crippen molar-refractivity contribution in [2.45, 2.75) is 79.2 Å². The van der Waals surface area contributed by atoms with Crippen LogP contribution in [0.4, 0.5) is 5.69 Å². The first-order valence-corrected chi connectivity index (χ1v) is 17.6. The number of piperidine rings is 1. The number of anilines is 1. The summed E-state index contributed by atoms with van der Waals surface area (Å²) < 4.78 is 6.27. The average Bonchev–Trinajstić information content (AvgIpc) is 3.07. The van der Waals surface area contributed by atoms with Gasteiger partial charge in [-0.1, -0.05) is 26.3 Å². The standard InChI is InChI=1S/C35H51N7O3.C3H8/c1-26(7-6-17-42(5)18-8-29(21-27(42)2)31(23-36)24-37-4)33(43)40-32-22-30(25-39-28(32)3)34(44)38-13-16-41-14-9-35(10-15-41)11-19-45-20-12-35;1-3-2/h7-8,18,21-25,27H,6,9-17,19-20H2,1-5H3,(H3-,36,37,38,40,43,44);3H2,1-2H3/p+1. The predicted octanol–water partition coefficient (Wildman–Crippen LogP) is 5.54. The van der Waals surface area contributed by atoms with Gasteiger partial charge in [0.1, 0.15) is 6.04 Å². The van der Waals surface area contributed by atoms with Crippen LogP contribution in [-0.4, -0.2) is 98.5 Å². The second-order valence-corrected chi connectivity index (χ2v) is 13.7. The summed E-state index contributed by atoms with van der Waals surface area (Å²) in [4.78, 5) is 36.9. The molecule has 4 heterocycles. The number of amides is 2. The summed E-state index contributed by atoms with van der Waals surface area (Å²) >= 11 is 0. The fraction of sp³-hybridized carbons (Fsp3) is 0.579. The van der Waals surface area contributed by atoms with Crippen LogP contribution < -0.4 is 16.4 Å². The highest BCUT2D eigenvalue weighted by molar-refractivity contribution is 6.04. The Hall–Kier alpha value is -3.60. The summed E-state index contributed by atoms with van der Waals surface area (Å²) in [6.07, 6.45) is 20.1. The molecule has 0 saturated carbocycles. The smallest absolute Gasteiger partial charge is 0.252 e. The van der Waals surface area contributed by atoms with Crippen molar-refractivity contribution < 1.29 is 18.8 Å². The van der Waals surface area contributed by atoms with Crippen molar-refractivity contribution in [3.63, 3.8) is 0 Å². The molecule has 10 nitrogen and oxygen atoms in total. The number of nitrogens with one attached hydrogen (secondary N) is 2. The zero-order valence-corrected chi connectivity index (χ0v) is 30.5. The van der Waals surface area contributed by atoms with Crippen molar-refractivity contribution in [2.75, 3.05) is 65.3 Å². The molecule has 2 atom stereocenters. The van der Waals surface area contributed by atoms with Gasteiger partial charge < -0.3 is 26.0 Å². The number of aromatic nitrogens is 1. The van der Waals surface area contributed by atoms with Crippen molar-refractivity contribution in [2.24, 2.45) is 16.1 Å². The number of quaternary nitrogens is 1. The van der Waals surface area contributed by atoms with E-state index in [0.717, 1.165) is 57.0 Å². The largest absolute Gasteiger partial charge is 0.404 e. The number of likely N-dealkylation sites (tertiary alicyclic amines) is 1. The quantitative estimate of drug-likeness (QED) is 0.163. The number of allylic oxidation sites excluding steroid dienone is 3. The van der Waals surface area contributed by atoms with Crippen LogP contribution in [0.2, 0.25) is 0 Å². The second kappa shape index (κ2) is 18.8. The molecule has 0 radical (unpaired) electrons. The monoisotopic (exact) mass is 662 g/mol. The van der Waals surface area contributed by atoms with E-state index < -0.39 is 0 Å². The molecule has 2 amide bonds. The van der Waals surface area contributed by atoms with Gasteiger partial charge in [0.2, 0.25) is 0 Å². The van der Waals surface area contributed by atoms with E-state index >= 15 is 0 Å². The Morgan fingerprint density at radius 1 is 1.21 bits per heavy atom. The number of rotatable bonds is 11. The number of likely N-dealkylation sites (N-methyl/N-ethyl adjacent to an activating group) is 1. The molecule has 10 heteroatoms. The lowest BCUT2D eigenvalue weighted by Crippen LogP contribution is -2.47. The zero-order chi connectivity index (χ0) is 35.2. The van der Waals surface area contributed by atoms with Gasteiger partial charge >= 0.3 is 0 Å². The first-order chi connectivity index (χ1) is 23.0. The maximum Gasteiger partial charge on any atom is 0.252 e. The van der Waals surface area contributed by atoms with Crippen LogP contribution in [0, 0.1) is 12.3 Å². The van der Waals surface area contributed by atoms with E-state index in [2.05, 4.69) is 71.7 Å². The lowest BCUT2D eigenvalue weighted by atomic mass is 9.72. The number of aryl methyl sites for hydroxylation is 1. The fourth-order valence-corrected chi connectivity index (χ4v) is 6.34. The van der Waals surface area contributed by atoms with E-state index in [1.54, 1.807) is 31.7 Å². The summed E-state index contributed by atoms with van der Waals surface area (Å²) in [5, 5.41) is 5.99. The molecule has 4 rings (SSSR count). The highest BCUT2D eigenvalue weighted by atomic mass is 16.5. The highest BCUT2D eigenvalue weighted by Crippen LogP contribution is 2.40. The molecule has 2 saturated heterocycles. The molecule has 3 aliphatic rings. The van der Waals surface area contributed by atoms with Crippen molar-refractivity contribution >= 4 is 23.7 Å². The van der Waals surface area contributed by atoms with E-state index in [9.17, 15) is 9.59 Å². The van der Waals surface area contributed by atoms with Gasteiger partial charge in [0, 0.05) is 69.5 Å². The number of carbonyl (C=O) groups excluding carboxylic acids is 2. The van der Waals surface area contributed by atoms with Gasteiger partial charge in [0.15, 0.2) is 0 Å². The van der Waals surface area contributed by atoms with Crippen LogP contribution in [0.5, 0.6) is 0 Å². The maximum atomic E-state index is 13.1. The van der Waals surface area contributed by atoms with Gasteiger partial charge in [-0.25, -0.2) is 0 Å². The molecular formula is C38H60N7O3+. The van der Waals surface area contributed by atoms with Crippen molar-refractivity contribution in [1.29, 1.82) is 0 Å². The normalized spacial score (nSPS) is 23.0. The predicted molar refractivity (Wildman–Crippen MR) is 197 cm³/mol. The molecule has 2 unspecified atom stereocenters. The summed E-state index contributed by atoms with van der Waals surface area (Å²) in [6.45, 7) is 16.2. The first kappa shape index (κ1) is 38.8. The molecule has 1 spiro atoms. The SMILES string of the molecule is CCC.CN=C/C(=C\N)C1=CC(C)[N+](C)(CCC=C(C)C(=O)Nc2cc(C(=O)NCCN3CCC4(CCOCC4)CC3)cnc2C)C=C1. The average molecular weight is 663 g/mol. The van der Waals surface area contributed by atoms with Crippen LogP contribution in [0.3, 0.4) is 0 Å². The Labute approximate surface area is 288 Å². The van der Waals surface area contributed by atoms with E-state index in [-0.39, 0.29) is 17.9 Å². The van der Waals surface area contributed by atoms with Gasteiger partial charge in [-0.05, 0) is 88.8 Å². The van der Waals surface area contributed by atoms with Gasteiger partial charge in [0.05, 0.1) is 36.7 Å². The van der Waals surface area contributed by atoms with Crippen LogP contribution in [0.1, 0.15) is 82.3 Å². The minimum atomic E-state index is -0.200. The first-order valence-electron chi connectivity index (χ1n) is 17.6.